The minimum Gasteiger partial charge on any atom is -0.389 e. The maximum Gasteiger partial charge on any atom is 0.317 e. The first kappa shape index (κ1) is 45.5. The molecule has 6 N–H and O–H groups in total. The highest BCUT2D eigenvalue weighted by molar-refractivity contribution is 5.99. The maximum atomic E-state index is 13.7. The number of nitrogens with zero attached hydrogens (tertiary/aromatic N) is 1. The largest absolute Gasteiger partial charge is 0.389 e. The van der Waals surface area contributed by atoms with Crippen LogP contribution in [-0.2, 0) is 25.9 Å². The van der Waals surface area contributed by atoms with Crippen molar-refractivity contribution in [3.05, 3.63) is 140 Å². The van der Waals surface area contributed by atoms with E-state index in [2.05, 4.69) is 10.6 Å². The Labute approximate surface area is 352 Å². The van der Waals surface area contributed by atoms with Gasteiger partial charge in [0, 0.05) is 72.9 Å². The van der Waals surface area contributed by atoms with Crippen LogP contribution in [-0.4, -0.2) is 58.9 Å². The van der Waals surface area contributed by atoms with Crippen molar-refractivity contribution >= 4 is 17.6 Å². The maximum absolute atomic E-state index is 13.7. The Bertz CT molecular complexity index is 2250. The number of Topliss-reactive ketones (excluding diaryl/α,β-unsaturated/α-hetero) is 2. The van der Waals surface area contributed by atoms with Gasteiger partial charge in [-0.25, -0.2) is 26.7 Å². The van der Waals surface area contributed by atoms with Crippen molar-refractivity contribution in [1.29, 1.82) is 0 Å². The lowest BCUT2D eigenvalue weighted by molar-refractivity contribution is 0.0734. The summed E-state index contributed by atoms with van der Waals surface area (Å²) in [4.78, 5) is 39.0. The monoisotopic (exact) mass is 848 g/mol. The predicted molar refractivity (Wildman–Crippen MR) is 220 cm³/mol. The van der Waals surface area contributed by atoms with Gasteiger partial charge in [0.25, 0.3) is 0 Å². The van der Waals surface area contributed by atoms with Crippen molar-refractivity contribution in [3.8, 4) is 0 Å². The summed E-state index contributed by atoms with van der Waals surface area (Å²) in [6.45, 7) is 6.19. The number of halogens is 5. The number of nitrogens with two attached hydrogens (primary N) is 1. The van der Waals surface area contributed by atoms with E-state index >= 15 is 0 Å². The van der Waals surface area contributed by atoms with E-state index in [0.717, 1.165) is 56.0 Å². The van der Waals surface area contributed by atoms with Crippen molar-refractivity contribution in [2.24, 2.45) is 16.6 Å². The zero-order valence-electron chi connectivity index (χ0n) is 34.4. The number of carbonyl (C=O) groups is 3. The average molecular weight is 849 g/mol. The number of aliphatic hydroxyl groups excluding tert-OH is 2. The summed E-state index contributed by atoms with van der Waals surface area (Å²) in [5.74, 6) is -2.50. The van der Waals surface area contributed by atoms with E-state index in [-0.39, 0.29) is 64.0 Å². The molecule has 2 aliphatic heterocycles. The van der Waals surface area contributed by atoms with Crippen LogP contribution >= 0.6 is 0 Å². The van der Waals surface area contributed by atoms with Crippen LogP contribution in [0, 0.1) is 39.9 Å². The Morgan fingerprint density at radius 2 is 1.23 bits per heavy atom. The molecule has 14 heteroatoms. The fourth-order valence-corrected chi connectivity index (χ4v) is 8.98. The number of likely N-dealkylation sites (tertiary alicyclic amines) is 1. The van der Waals surface area contributed by atoms with Crippen molar-refractivity contribution in [2.45, 2.75) is 90.5 Å². The molecule has 4 aromatic carbocycles. The summed E-state index contributed by atoms with van der Waals surface area (Å²) >= 11 is 0. The van der Waals surface area contributed by atoms with Crippen molar-refractivity contribution < 1.29 is 46.5 Å². The Morgan fingerprint density at radius 3 is 1.75 bits per heavy atom. The lowest BCUT2D eigenvalue weighted by atomic mass is 9.66. The number of amides is 2. The van der Waals surface area contributed by atoms with Crippen LogP contribution in [0.5, 0.6) is 0 Å². The second-order valence-corrected chi connectivity index (χ2v) is 16.9. The molecule has 0 bridgehead atoms. The molecular weight excluding hydrogens is 796 g/mol. The molecule has 2 fully saturated rings. The van der Waals surface area contributed by atoms with Crippen LogP contribution in [0.3, 0.4) is 0 Å². The summed E-state index contributed by atoms with van der Waals surface area (Å²) in [7, 11) is 0. The third kappa shape index (κ3) is 10.9. The Balaban J connectivity index is 0.000000173. The highest BCUT2D eigenvalue weighted by Gasteiger charge is 2.42. The van der Waals surface area contributed by atoms with Crippen LogP contribution in [0.15, 0.2) is 66.7 Å². The molecule has 2 amide bonds. The summed E-state index contributed by atoms with van der Waals surface area (Å²) < 4.78 is 66.2. The van der Waals surface area contributed by atoms with Crippen LogP contribution < -0.4 is 16.4 Å². The van der Waals surface area contributed by atoms with Crippen molar-refractivity contribution in [3.63, 3.8) is 0 Å². The summed E-state index contributed by atoms with van der Waals surface area (Å²) in [5, 5.41) is 24.9. The van der Waals surface area contributed by atoms with Gasteiger partial charge in [-0.2, -0.15) is 0 Å². The van der Waals surface area contributed by atoms with E-state index in [0.29, 0.717) is 55.5 Å². The quantitative estimate of drug-likeness (QED) is 0.128. The number of hydrogen-bond donors (Lipinski definition) is 5. The number of piperidine rings is 2. The van der Waals surface area contributed by atoms with Crippen LogP contribution in [0.25, 0.3) is 0 Å². The van der Waals surface area contributed by atoms with Gasteiger partial charge in [0.1, 0.15) is 29.1 Å². The second kappa shape index (κ2) is 19.4. The number of hydrogen-bond acceptors (Lipinski definition) is 7. The Hall–Kier alpha value is -5.02. The number of rotatable bonds is 5. The number of benzene rings is 4. The molecular formula is C47H53F5N4O5. The molecule has 8 rings (SSSR count). The van der Waals surface area contributed by atoms with Crippen LogP contribution in [0.2, 0.25) is 0 Å². The molecule has 2 heterocycles. The Morgan fingerprint density at radius 1 is 0.705 bits per heavy atom. The molecule has 61 heavy (non-hydrogen) atoms. The summed E-state index contributed by atoms with van der Waals surface area (Å²) in [5.41, 5.74) is 9.38. The highest BCUT2D eigenvalue weighted by Crippen LogP contribution is 2.44. The van der Waals surface area contributed by atoms with E-state index in [1.54, 1.807) is 29.2 Å². The molecule has 0 aromatic heterocycles. The standard InChI is InChI=1S/C24H26F2N2O3.C14H16FNO.C9H11F2NO/c1-15(29)19-10-16(2-5-21(19)26)14-27-23(31)28-8-6-24(7-9-28)12-17-3-4-18(25)11-20(17)22(30)13-24;15-11-2-1-10-8-14(3-5-16-6-4-14)9-13(17)12(10)7-11;1-5(13)7-2-6(4-12)8(10)3-9(7)11/h2-5,10-11,15,29H,6-9,12-14H2,1H3,(H,27,31);1-2,7,16H,3-6,8-9H2;2-3,5,13H,4,12H2,1H3. The van der Waals surface area contributed by atoms with Crippen LogP contribution in [0.1, 0.15) is 119 Å². The molecule has 4 aliphatic rings. The van der Waals surface area contributed by atoms with E-state index in [4.69, 9.17) is 10.8 Å². The first-order chi connectivity index (χ1) is 29.0. The molecule has 9 nitrogen and oxygen atoms in total. The zero-order chi connectivity index (χ0) is 44.1. The third-order valence-electron chi connectivity index (χ3n) is 12.5. The lowest BCUT2D eigenvalue weighted by Crippen LogP contribution is -2.49. The van der Waals surface area contributed by atoms with E-state index in [9.17, 15) is 41.4 Å². The SMILES string of the molecule is CC(O)c1cc(CN)c(F)cc1F.CC(O)c1cc(CNC(=O)N2CCC3(CC2)CC(=O)c2cc(F)ccc2C3)ccc1F.O=C1CC2(CCNCC2)Cc2ccc(F)cc21. The lowest BCUT2D eigenvalue weighted by Gasteiger charge is -2.44. The van der Waals surface area contributed by atoms with Crippen molar-refractivity contribution in [1.82, 2.24) is 15.5 Å². The molecule has 4 aromatic rings. The predicted octanol–water partition coefficient (Wildman–Crippen LogP) is 7.94. The van der Waals surface area contributed by atoms with E-state index in [1.165, 1.54) is 50.2 Å². The topological polar surface area (TPSA) is 145 Å². The van der Waals surface area contributed by atoms with E-state index in [1.807, 2.05) is 0 Å². The van der Waals surface area contributed by atoms with Gasteiger partial charge >= 0.3 is 6.03 Å². The van der Waals surface area contributed by atoms with Gasteiger partial charge in [-0.15, -0.1) is 0 Å². The number of fused-ring (bicyclic) bond motifs is 2. The minimum atomic E-state index is -0.953. The molecule has 2 saturated heterocycles. The van der Waals surface area contributed by atoms with Gasteiger partial charge in [0.2, 0.25) is 0 Å². The molecule has 0 radical (unpaired) electrons. The summed E-state index contributed by atoms with van der Waals surface area (Å²) in [6, 6.07) is 15.3. The first-order valence-electron chi connectivity index (χ1n) is 20.7. The number of ketones is 2. The molecule has 2 atom stereocenters. The molecule has 2 unspecified atom stereocenters. The van der Waals surface area contributed by atoms with Gasteiger partial charge in [-0.3, -0.25) is 9.59 Å². The normalized spacial score (nSPS) is 18.5. The number of nitrogens with one attached hydrogen (secondary N) is 2. The first-order valence-corrected chi connectivity index (χ1v) is 20.7. The molecule has 326 valence electrons. The van der Waals surface area contributed by atoms with Gasteiger partial charge in [-0.05, 0) is 135 Å². The average Bonchev–Trinajstić information content (AvgIpc) is 3.22. The second-order valence-electron chi connectivity index (χ2n) is 16.9. The number of carbonyl (C=O) groups excluding carboxylic acids is 3. The highest BCUT2D eigenvalue weighted by atomic mass is 19.1. The zero-order valence-corrected chi connectivity index (χ0v) is 34.4. The third-order valence-corrected chi connectivity index (χ3v) is 12.5. The van der Waals surface area contributed by atoms with Gasteiger partial charge in [0.05, 0.1) is 12.2 Å². The summed E-state index contributed by atoms with van der Waals surface area (Å²) in [6.07, 6.45) is 4.28. The number of aliphatic hydroxyl groups is 2. The Kier molecular flexibility index (Phi) is 14.4. The smallest absolute Gasteiger partial charge is 0.317 e. The van der Waals surface area contributed by atoms with Crippen LogP contribution in [0.4, 0.5) is 26.7 Å². The molecule has 2 spiro atoms. The number of urea groups is 1. The fraction of sp³-hybridized carbons (Fsp3) is 0.426. The van der Waals surface area contributed by atoms with E-state index < -0.39 is 35.5 Å². The van der Waals surface area contributed by atoms with Gasteiger partial charge in [0.15, 0.2) is 11.6 Å². The van der Waals surface area contributed by atoms with Crippen molar-refractivity contribution in [2.75, 3.05) is 26.2 Å². The molecule has 0 saturated carbocycles. The van der Waals surface area contributed by atoms with Gasteiger partial charge in [-0.1, -0.05) is 18.2 Å². The fourth-order valence-electron chi connectivity index (χ4n) is 8.98. The molecule has 2 aliphatic carbocycles. The minimum absolute atomic E-state index is 0.00810. The van der Waals surface area contributed by atoms with Gasteiger partial charge < -0.3 is 31.5 Å².